The largest absolute Gasteiger partial charge is 0.464 e. The van der Waals surface area contributed by atoms with Gasteiger partial charge in [0.15, 0.2) is 6.10 Å². The number of fused-ring (bicyclic) bond motifs is 1. The summed E-state index contributed by atoms with van der Waals surface area (Å²) >= 11 is 0. The summed E-state index contributed by atoms with van der Waals surface area (Å²) < 4.78 is 10.5. The Morgan fingerprint density at radius 1 is 1.27 bits per heavy atom. The van der Waals surface area contributed by atoms with Crippen molar-refractivity contribution in [1.82, 2.24) is 0 Å². The van der Waals surface area contributed by atoms with E-state index in [1.165, 1.54) is 11.1 Å². The normalized spacial score (nSPS) is 15.0. The van der Waals surface area contributed by atoms with E-state index in [0.29, 0.717) is 6.61 Å². The molecule has 144 valence electrons. The third-order valence-electron chi connectivity index (χ3n) is 3.39. The Balaban J connectivity index is 0.000000457. The first-order valence-corrected chi connectivity index (χ1v) is 12.6. The minimum Gasteiger partial charge on any atom is -0.464 e. The molecule has 0 bridgehead atoms. The van der Waals surface area contributed by atoms with E-state index in [4.69, 9.17) is 9.47 Å². The predicted molar refractivity (Wildman–Crippen MR) is 108 cm³/mol. The highest BCUT2D eigenvalue weighted by molar-refractivity contribution is 6.83. The Kier molecular flexibility index (Phi) is 8.07. The highest BCUT2D eigenvalue weighted by atomic mass is 28.3. The van der Waals surface area contributed by atoms with Crippen LogP contribution in [0.3, 0.4) is 0 Å². The number of hydrogen-bond acceptors (Lipinski definition) is 4. The van der Waals surface area contributed by atoms with Gasteiger partial charge in [-0.15, -0.1) is 5.54 Å². The van der Waals surface area contributed by atoms with Crippen molar-refractivity contribution in [2.45, 2.75) is 71.6 Å². The monoisotopic (exact) mass is 376 g/mol. The van der Waals surface area contributed by atoms with Crippen molar-refractivity contribution in [3.05, 3.63) is 24.3 Å². The molecule has 0 heterocycles. The first-order chi connectivity index (χ1) is 11.9. The molecule has 0 aliphatic heterocycles. The van der Waals surface area contributed by atoms with Crippen LogP contribution in [-0.2, 0) is 14.3 Å². The van der Waals surface area contributed by atoms with Gasteiger partial charge in [0.25, 0.3) is 0 Å². The Bertz CT molecular complexity index is 645. The van der Waals surface area contributed by atoms with Crippen LogP contribution in [-0.4, -0.2) is 43.6 Å². The van der Waals surface area contributed by atoms with Crippen LogP contribution in [0.2, 0.25) is 19.6 Å². The van der Waals surface area contributed by atoms with Gasteiger partial charge in [-0.2, -0.15) is 0 Å². The topological polar surface area (TPSA) is 55.8 Å². The molecular formula is C21H32O4Si. The minimum atomic E-state index is -1.57. The van der Waals surface area contributed by atoms with Gasteiger partial charge in [-0.05, 0) is 44.9 Å². The van der Waals surface area contributed by atoms with Crippen molar-refractivity contribution in [3.63, 3.8) is 0 Å². The van der Waals surface area contributed by atoms with Gasteiger partial charge < -0.3 is 14.6 Å². The molecule has 0 saturated heterocycles. The molecule has 2 aliphatic rings. The number of carbonyl (C=O) groups excluding carboxylic acids is 1. The van der Waals surface area contributed by atoms with Crippen LogP contribution in [0.5, 0.6) is 0 Å². The minimum absolute atomic E-state index is 0.113. The van der Waals surface area contributed by atoms with Gasteiger partial charge in [0.2, 0.25) is 0 Å². The first kappa shape index (κ1) is 22.4. The number of aliphatic hydroxyl groups is 1. The van der Waals surface area contributed by atoms with E-state index in [-0.39, 0.29) is 12.5 Å². The van der Waals surface area contributed by atoms with Crippen molar-refractivity contribution in [2.24, 2.45) is 0 Å². The molecule has 0 radical (unpaired) electrons. The average Bonchev–Trinajstić information content (AvgIpc) is 3.10. The summed E-state index contributed by atoms with van der Waals surface area (Å²) in [6.07, 6.45) is -0.798. The fraction of sp³-hybridized carbons (Fsp3) is 0.571. The smallest absolute Gasteiger partial charge is 0.335 e. The summed E-state index contributed by atoms with van der Waals surface area (Å²) in [4.78, 5) is 11.9. The second-order valence-electron chi connectivity index (χ2n) is 7.98. The zero-order valence-corrected chi connectivity index (χ0v) is 18.1. The molecule has 2 rings (SSSR count). The second-order valence-corrected chi connectivity index (χ2v) is 12.7. The molecule has 4 nitrogen and oxygen atoms in total. The van der Waals surface area contributed by atoms with E-state index in [0.717, 1.165) is 0 Å². The zero-order chi connectivity index (χ0) is 20.0. The Labute approximate surface area is 158 Å². The van der Waals surface area contributed by atoms with E-state index in [2.05, 4.69) is 55.4 Å². The highest BCUT2D eigenvalue weighted by Crippen LogP contribution is 2.32. The maximum Gasteiger partial charge on any atom is 0.335 e. The standard InChI is InChI=1S/C15H28O4Si.C6H4/c1-8-18-14(16)13(19-12(2)3)11-15(4,17)9-10-20(5,6)7;1-2-5-4-6(5)3-1/h12-13,17H,8,11H2,1-7H3;1-4H. The lowest BCUT2D eigenvalue weighted by atomic mass is 9.99. The summed E-state index contributed by atoms with van der Waals surface area (Å²) in [7, 11) is -1.57. The zero-order valence-electron chi connectivity index (χ0n) is 17.1. The van der Waals surface area contributed by atoms with Gasteiger partial charge >= 0.3 is 5.97 Å². The van der Waals surface area contributed by atoms with Crippen LogP contribution in [0.4, 0.5) is 0 Å². The van der Waals surface area contributed by atoms with Gasteiger partial charge in [0, 0.05) is 6.42 Å². The third kappa shape index (κ3) is 9.19. The van der Waals surface area contributed by atoms with Crippen LogP contribution in [0.1, 0.15) is 34.1 Å². The van der Waals surface area contributed by atoms with Crippen LogP contribution in [0.15, 0.2) is 24.3 Å². The molecular weight excluding hydrogens is 344 g/mol. The van der Waals surface area contributed by atoms with E-state index < -0.39 is 25.7 Å². The van der Waals surface area contributed by atoms with Crippen molar-refractivity contribution in [3.8, 4) is 22.6 Å². The fourth-order valence-corrected chi connectivity index (χ4v) is 2.80. The second kappa shape index (κ2) is 9.36. The molecule has 0 saturated carbocycles. The van der Waals surface area contributed by atoms with E-state index in [1.807, 2.05) is 13.8 Å². The van der Waals surface area contributed by atoms with Crippen molar-refractivity contribution < 1.29 is 19.4 Å². The number of carbonyl (C=O) groups is 1. The summed E-state index contributed by atoms with van der Waals surface area (Å²) in [5, 5.41) is 10.3. The first-order valence-electron chi connectivity index (χ1n) is 9.13. The van der Waals surface area contributed by atoms with Crippen molar-refractivity contribution in [2.75, 3.05) is 6.61 Å². The molecule has 0 aromatic carbocycles. The fourth-order valence-electron chi connectivity index (χ4n) is 2.16. The number of ether oxygens (including phenoxy) is 2. The molecule has 0 amide bonds. The molecule has 2 aliphatic carbocycles. The maximum absolute atomic E-state index is 11.9. The van der Waals surface area contributed by atoms with Crippen LogP contribution < -0.4 is 0 Å². The van der Waals surface area contributed by atoms with E-state index in [1.54, 1.807) is 13.8 Å². The lowest BCUT2D eigenvalue weighted by Crippen LogP contribution is -2.37. The van der Waals surface area contributed by atoms with Gasteiger partial charge in [0.05, 0.1) is 12.7 Å². The van der Waals surface area contributed by atoms with Crippen LogP contribution in [0, 0.1) is 11.5 Å². The average molecular weight is 377 g/mol. The third-order valence-corrected chi connectivity index (χ3v) is 4.26. The van der Waals surface area contributed by atoms with Gasteiger partial charge in [-0.1, -0.05) is 43.8 Å². The molecule has 5 heteroatoms. The molecule has 1 N–H and O–H groups in total. The molecule has 26 heavy (non-hydrogen) atoms. The molecule has 2 unspecified atom stereocenters. The van der Waals surface area contributed by atoms with Gasteiger partial charge in [-0.3, -0.25) is 0 Å². The van der Waals surface area contributed by atoms with Crippen molar-refractivity contribution in [1.29, 1.82) is 0 Å². The number of benzene rings is 1. The van der Waals surface area contributed by atoms with Crippen LogP contribution in [0.25, 0.3) is 11.1 Å². The highest BCUT2D eigenvalue weighted by Gasteiger charge is 2.31. The molecule has 0 aromatic heterocycles. The Morgan fingerprint density at radius 2 is 1.85 bits per heavy atom. The Morgan fingerprint density at radius 3 is 2.19 bits per heavy atom. The quantitative estimate of drug-likeness (QED) is 0.470. The Hall–Kier alpha value is -1.61. The number of rotatable bonds is 6. The lowest BCUT2D eigenvalue weighted by Gasteiger charge is -2.25. The van der Waals surface area contributed by atoms with E-state index >= 15 is 0 Å². The SMILES string of the molecule is CCOC(=O)C(CC(C)(O)C#C[Si](C)(C)C)OC(C)C.c1cc2cc-2c1. The van der Waals surface area contributed by atoms with Crippen LogP contribution >= 0.6 is 0 Å². The summed E-state index contributed by atoms with van der Waals surface area (Å²) in [5.74, 6) is 2.43. The summed E-state index contributed by atoms with van der Waals surface area (Å²) in [5.41, 5.74) is 4.72. The number of esters is 1. The van der Waals surface area contributed by atoms with Gasteiger partial charge in [0.1, 0.15) is 13.7 Å². The van der Waals surface area contributed by atoms with Crippen molar-refractivity contribution >= 4 is 14.0 Å². The molecule has 2 atom stereocenters. The lowest BCUT2D eigenvalue weighted by molar-refractivity contribution is -0.163. The molecule has 0 aromatic rings. The van der Waals surface area contributed by atoms with E-state index in [9.17, 15) is 9.90 Å². The molecule has 0 fully saturated rings. The maximum atomic E-state index is 11.9. The number of hydrogen-bond donors (Lipinski definition) is 1. The molecule has 0 spiro atoms. The predicted octanol–water partition coefficient (Wildman–Crippen LogP) is 4.03. The summed E-state index contributed by atoms with van der Waals surface area (Å²) in [6.45, 7) is 13.6. The van der Waals surface area contributed by atoms with Gasteiger partial charge in [-0.25, -0.2) is 4.79 Å². The summed E-state index contributed by atoms with van der Waals surface area (Å²) in [6, 6.07) is 8.48.